The zero-order chi connectivity index (χ0) is 21.4. The number of nitrogens with two attached hydrogens (primary N) is 1. The lowest BCUT2D eigenvalue weighted by atomic mass is 10.1. The molecule has 1 amide bonds. The maximum atomic E-state index is 12.1. The van der Waals surface area contributed by atoms with Crippen LogP contribution >= 0.6 is 11.6 Å². The van der Waals surface area contributed by atoms with Gasteiger partial charge in [-0.1, -0.05) is 41.9 Å². The van der Waals surface area contributed by atoms with Crippen LogP contribution in [0.4, 0.5) is 0 Å². The Kier molecular flexibility index (Phi) is 7.95. The minimum Gasteiger partial charge on any atom is -0.449 e. The van der Waals surface area contributed by atoms with Crippen LogP contribution in [0.15, 0.2) is 59.5 Å². The van der Waals surface area contributed by atoms with Crippen molar-refractivity contribution < 1.29 is 22.7 Å². The molecule has 0 radical (unpaired) electrons. The van der Waals surface area contributed by atoms with Gasteiger partial charge in [0, 0.05) is 17.6 Å². The number of hydrogen-bond acceptors (Lipinski definition) is 5. The van der Waals surface area contributed by atoms with E-state index in [0.29, 0.717) is 23.6 Å². The summed E-state index contributed by atoms with van der Waals surface area (Å²) in [7, 11) is -3.73. The first-order valence-corrected chi connectivity index (χ1v) is 10.6. The Morgan fingerprint density at radius 3 is 2.45 bits per heavy atom. The number of esters is 1. The van der Waals surface area contributed by atoms with Gasteiger partial charge in [0.15, 0.2) is 6.10 Å². The van der Waals surface area contributed by atoms with E-state index in [1.807, 2.05) is 0 Å². The van der Waals surface area contributed by atoms with Crippen LogP contribution in [-0.4, -0.2) is 32.9 Å². The number of amides is 1. The maximum absolute atomic E-state index is 12.1. The van der Waals surface area contributed by atoms with E-state index < -0.39 is 28.0 Å². The van der Waals surface area contributed by atoms with E-state index >= 15 is 0 Å². The fourth-order valence-corrected chi connectivity index (χ4v) is 3.07. The third kappa shape index (κ3) is 7.34. The molecule has 7 nitrogen and oxygen atoms in total. The lowest BCUT2D eigenvalue weighted by molar-refractivity contribution is -0.150. The topological polar surface area (TPSA) is 116 Å². The fraction of sp³-hybridized carbons (Fsp3) is 0.200. The van der Waals surface area contributed by atoms with Crippen LogP contribution in [0.3, 0.4) is 0 Å². The normalized spacial score (nSPS) is 12.5. The third-order valence-corrected chi connectivity index (χ3v) is 5.20. The van der Waals surface area contributed by atoms with E-state index in [2.05, 4.69) is 5.32 Å². The second-order valence-electron chi connectivity index (χ2n) is 6.16. The minimum absolute atomic E-state index is 0.0238. The van der Waals surface area contributed by atoms with Crippen LogP contribution in [0.2, 0.25) is 5.02 Å². The van der Waals surface area contributed by atoms with Crippen LogP contribution in [-0.2, 0) is 30.8 Å². The highest BCUT2D eigenvalue weighted by Crippen LogP contribution is 2.16. The van der Waals surface area contributed by atoms with Gasteiger partial charge in [-0.05, 0) is 48.7 Å². The van der Waals surface area contributed by atoms with Crippen molar-refractivity contribution in [2.45, 2.75) is 24.3 Å². The Labute approximate surface area is 174 Å². The van der Waals surface area contributed by atoms with Crippen LogP contribution in [0, 0.1) is 0 Å². The van der Waals surface area contributed by atoms with Crippen molar-refractivity contribution in [1.82, 2.24) is 5.32 Å². The molecule has 0 aromatic heterocycles. The summed E-state index contributed by atoms with van der Waals surface area (Å²) in [5.74, 6) is -1.10. The number of primary sulfonamides is 1. The van der Waals surface area contributed by atoms with Crippen molar-refractivity contribution in [1.29, 1.82) is 0 Å². The van der Waals surface area contributed by atoms with Crippen LogP contribution < -0.4 is 10.5 Å². The van der Waals surface area contributed by atoms with Gasteiger partial charge < -0.3 is 10.1 Å². The van der Waals surface area contributed by atoms with Crippen molar-refractivity contribution in [3.8, 4) is 0 Å². The molecule has 2 rings (SSSR count). The van der Waals surface area contributed by atoms with Gasteiger partial charge in [-0.15, -0.1) is 0 Å². The quantitative estimate of drug-likeness (QED) is 0.486. The molecule has 0 aliphatic carbocycles. The summed E-state index contributed by atoms with van der Waals surface area (Å²) in [6, 6.07) is 13.1. The highest BCUT2D eigenvalue weighted by atomic mass is 35.5. The highest BCUT2D eigenvalue weighted by molar-refractivity contribution is 7.89. The lowest BCUT2D eigenvalue weighted by Crippen LogP contribution is -2.36. The molecule has 29 heavy (non-hydrogen) atoms. The molecule has 0 fully saturated rings. The van der Waals surface area contributed by atoms with Crippen molar-refractivity contribution in [3.63, 3.8) is 0 Å². The molecule has 1 atom stereocenters. The molecule has 2 aromatic rings. The number of rotatable bonds is 8. The molecule has 0 aliphatic rings. The van der Waals surface area contributed by atoms with Crippen LogP contribution in [0.1, 0.15) is 18.1 Å². The summed E-state index contributed by atoms with van der Waals surface area (Å²) < 4.78 is 27.5. The van der Waals surface area contributed by atoms with Gasteiger partial charge in [-0.3, -0.25) is 4.79 Å². The smallest absolute Gasteiger partial charge is 0.331 e. The summed E-state index contributed by atoms with van der Waals surface area (Å²) in [5.41, 5.74) is 1.49. The van der Waals surface area contributed by atoms with Crippen LogP contribution in [0.5, 0.6) is 0 Å². The first kappa shape index (κ1) is 22.6. The number of carbonyl (C=O) groups is 2. The highest BCUT2D eigenvalue weighted by Gasteiger charge is 2.16. The van der Waals surface area contributed by atoms with Gasteiger partial charge >= 0.3 is 5.97 Å². The molecule has 0 heterocycles. The largest absolute Gasteiger partial charge is 0.449 e. The van der Waals surface area contributed by atoms with Gasteiger partial charge in [0.2, 0.25) is 10.0 Å². The predicted octanol–water partition coefficient (Wildman–Crippen LogP) is 2.29. The summed E-state index contributed by atoms with van der Waals surface area (Å²) in [4.78, 5) is 23.9. The summed E-state index contributed by atoms with van der Waals surface area (Å²) >= 11 is 6.00. The van der Waals surface area contributed by atoms with Gasteiger partial charge in [-0.2, -0.15) is 0 Å². The molecule has 9 heteroatoms. The second-order valence-corrected chi connectivity index (χ2v) is 8.13. The average Bonchev–Trinajstić information content (AvgIpc) is 2.67. The number of halogens is 1. The van der Waals surface area contributed by atoms with Gasteiger partial charge in [0.05, 0.1) is 4.90 Å². The molecule has 3 N–H and O–H groups in total. The van der Waals surface area contributed by atoms with E-state index in [1.165, 1.54) is 31.2 Å². The number of sulfonamides is 1. The summed E-state index contributed by atoms with van der Waals surface area (Å²) in [5, 5.41) is 8.20. The number of nitrogens with one attached hydrogen (secondary N) is 1. The van der Waals surface area contributed by atoms with E-state index in [-0.39, 0.29) is 4.90 Å². The second kappa shape index (κ2) is 10.2. The Balaban J connectivity index is 1.78. The van der Waals surface area contributed by atoms with Crippen molar-refractivity contribution in [3.05, 3.63) is 70.8 Å². The van der Waals surface area contributed by atoms with Gasteiger partial charge in [0.1, 0.15) is 0 Å². The Morgan fingerprint density at radius 1 is 1.17 bits per heavy atom. The molecule has 0 spiro atoms. The zero-order valence-corrected chi connectivity index (χ0v) is 17.2. The molecule has 2 aromatic carbocycles. The van der Waals surface area contributed by atoms with Crippen molar-refractivity contribution in [2.75, 3.05) is 6.54 Å². The van der Waals surface area contributed by atoms with Gasteiger partial charge in [-0.25, -0.2) is 18.4 Å². The Hall–Kier alpha value is -2.68. The molecular weight excluding hydrogens is 416 g/mol. The number of hydrogen-bond donors (Lipinski definition) is 2. The molecule has 1 unspecified atom stereocenters. The minimum atomic E-state index is -3.73. The summed E-state index contributed by atoms with van der Waals surface area (Å²) in [6.45, 7) is 1.77. The molecule has 0 saturated heterocycles. The first-order chi connectivity index (χ1) is 13.7. The molecule has 0 aliphatic heterocycles. The molecular formula is C20H21ClN2O5S. The third-order valence-electron chi connectivity index (χ3n) is 3.93. The van der Waals surface area contributed by atoms with Gasteiger partial charge in [0.25, 0.3) is 5.91 Å². The van der Waals surface area contributed by atoms with E-state index in [9.17, 15) is 18.0 Å². The molecule has 0 bridgehead atoms. The Bertz CT molecular complexity index is 1000. The standard InChI is InChI=1S/C20H21ClN2O5S/c1-14(28-19(24)11-8-16-4-2-3-5-18(16)21)20(25)23-13-12-15-6-9-17(10-7-15)29(22,26)27/h2-11,14H,12-13H2,1H3,(H,23,25)(H2,22,26,27)/b11-8+. The number of benzene rings is 2. The number of ether oxygens (including phenoxy) is 1. The SMILES string of the molecule is CC(OC(=O)/C=C/c1ccccc1Cl)C(=O)NCCc1ccc(S(N)(=O)=O)cc1. The van der Waals surface area contributed by atoms with Crippen molar-refractivity contribution >= 4 is 39.6 Å². The van der Waals surface area contributed by atoms with E-state index in [0.717, 1.165) is 5.56 Å². The molecule has 0 saturated carbocycles. The molecule has 154 valence electrons. The van der Waals surface area contributed by atoms with E-state index in [1.54, 1.807) is 36.4 Å². The maximum Gasteiger partial charge on any atom is 0.331 e. The zero-order valence-electron chi connectivity index (χ0n) is 15.7. The monoisotopic (exact) mass is 436 g/mol. The lowest BCUT2D eigenvalue weighted by Gasteiger charge is -2.12. The average molecular weight is 437 g/mol. The summed E-state index contributed by atoms with van der Waals surface area (Å²) in [6.07, 6.45) is 2.23. The Morgan fingerprint density at radius 2 is 1.83 bits per heavy atom. The van der Waals surface area contributed by atoms with E-state index in [4.69, 9.17) is 21.5 Å². The van der Waals surface area contributed by atoms with Crippen LogP contribution in [0.25, 0.3) is 6.08 Å². The number of carbonyl (C=O) groups excluding carboxylic acids is 2. The fourth-order valence-electron chi connectivity index (χ4n) is 2.35. The first-order valence-electron chi connectivity index (χ1n) is 8.69. The predicted molar refractivity (Wildman–Crippen MR) is 111 cm³/mol. The van der Waals surface area contributed by atoms with Crippen molar-refractivity contribution in [2.24, 2.45) is 5.14 Å².